The molecule has 2 heterocycles. The van der Waals surface area contributed by atoms with E-state index in [0.717, 1.165) is 34.2 Å². The molecule has 0 spiro atoms. The van der Waals surface area contributed by atoms with E-state index >= 15 is 0 Å². The van der Waals surface area contributed by atoms with Crippen LogP contribution in [0.25, 0.3) is 22.1 Å². The summed E-state index contributed by atoms with van der Waals surface area (Å²) >= 11 is 1.53. The lowest BCUT2D eigenvalue weighted by Gasteiger charge is -2.03. The number of hydrogen-bond donors (Lipinski definition) is 0. The quantitative estimate of drug-likeness (QED) is 0.519. The maximum Gasteiger partial charge on any atom is 0.211 e. The van der Waals surface area contributed by atoms with Crippen LogP contribution in [0, 0.1) is 11.3 Å². The van der Waals surface area contributed by atoms with Gasteiger partial charge in [-0.3, -0.25) is 0 Å². The van der Waals surface area contributed by atoms with E-state index in [-0.39, 0.29) is 0 Å². The number of aromatic nitrogens is 4. The van der Waals surface area contributed by atoms with E-state index in [4.69, 9.17) is 10.2 Å². The Hall–Kier alpha value is -2.91. The van der Waals surface area contributed by atoms with Gasteiger partial charge in [-0.1, -0.05) is 42.1 Å². The highest BCUT2D eigenvalue weighted by Gasteiger charge is 2.13. The van der Waals surface area contributed by atoms with Crippen LogP contribution in [0.3, 0.4) is 0 Å². The number of hydrogen-bond acceptors (Lipinski definition) is 5. The number of nitrogens with zero attached hydrogens (tertiary/aromatic N) is 5. The number of benzene rings is 2. The molecule has 2 aromatic heterocycles. The number of fused-ring (bicyclic) bond motifs is 3. The maximum absolute atomic E-state index is 9.00. The van der Waals surface area contributed by atoms with Gasteiger partial charge in [-0.25, -0.2) is 4.98 Å². The lowest BCUT2D eigenvalue weighted by atomic mass is 10.2. The number of rotatable bonds is 4. The van der Waals surface area contributed by atoms with Crippen LogP contribution in [0.4, 0.5) is 0 Å². The molecule has 0 fully saturated rings. The minimum Gasteiger partial charge on any atom is -0.324 e. The molecule has 2 aromatic carbocycles. The molecule has 25 heavy (non-hydrogen) atoms. The Morgan fingerprint density at radius 2 is 2.00 bits per heavy atom. The van der Waals surface area contributed by atoms with Crippen molar-refractivity contribution in [3.63, 3.8) is 0 Å². The predicted octanol–water partition coefficient (Wildman–Crippen LogP) is 4.16. The van der Waals surface area contributed by atoms with Gasteiger partial charge in [-0.15, -0.1) is 10.2 Å². The third-order valence-electron chi connectivity index (χ3n) is 4.09. The van der Waals surface area contributed by atoms with Crippen LogP contribution in [0.1, 0.15) is 18.1 Å². The first-order valence-electron chi connectivity index (χ1n) is 8.03. The number of aryl methyl sites for hydroxylation is 1. The molecule has 0 aliphatic rings. The summed E-state index contributed by atoms with van der Waals surface area (Å²) < 4.78 is 2.17. The van der Waals surface area contributed by atoms with Gasteiger partial charge in [-0.2, -0.15) is 5.26 Å². The monoisotopic (exact) mass is 345 g/mol. The van der Waals surface area contributed by atoms with Gasteiger partial charge in [0.15, 0.2) is 5.65 Å². The fourth-order valence-corrected chi connectivity index (χ4v) is 3.67. The first kappa shape index (κ1) is 15.6. The Balaban J connectivity index is 1.69. The van der Waals surface area contributed by atoms with Crippen molar-refractivity contribution in [3.8, 4) is 6.07 Å². The van der Waals surface area contributed by atoms with E-state index in [0.29, 0.717) is 16.5 Å². The molecule has 6 heteroatoms. The normalized spacial score (nSPS) is 11.0. The first-order valence-corrected chi connectivity index (χ1v) is 9.02. The van der Waals surface area contributed by atoms with Crippen molar-refractivity contribution in [3.05, 3.63) is 59.7 Å². The molecule has 4 aromatic rings. The maximum atomic E-state index is 9.00. The zero-order chi connectivity index (χ0) is 17.2. The van der Waals surface area contributed by atoms with Crippen LogP contribution in [0.15, 0.2) is 53.7 Å². The van der Waals surface area contributed by atoms with Gasteiger partial charge in [0.2, 0.25) is 5.16 Å². The SMILES string of the molecule is CCn1c2ccccc2c2nnc(SCc3cccc(C#N)c3)nc21. The van der Waals surface area contributed by atoms with E-state index in [1.165, 1.54) is 11.8 Å². The second-order valence-electron chi connectivity index (χ2n) is 5.63. The van der Waals surface area contributed by atoms with Crippen molar-refractivity contribution in [1.29, 1.82) is 5.26 Å². The highest BCUT2D eigenvalue weighted by Crippen LogP contribution is 2.27. The first-order chi connectivity index (χ1) is 12.3. The Morgan fingerprint density at radius 3 is 2.84 bits per heavy atom. The molecule has 0 N–H and O–H groups in total. The second kappa shape index (κ2) is 6.54. The molecular formula is C19H15N5S. The lowest BCUT2D eigenvalue weighted by molar-refractivity contribution is 0.789. The van der Waals surface area contributed by atoms with E-state index in [1.807, 2.05) is 30.3 Å². The fourth-order valence-electron chi connectivity index (χ4n) is 2.95. The third kappa shape index (κ3) is 2.83. The van der Waals surface area contributed by atoms with Crippen LogP contribution < -0.4 is 0 Å². The summed E-state index contributed by atoms with van der Waals surface area (Å²) in [7, 11) is 0. The molecule has 0 unspecified atom stereocenters. The Kier molecular flexibility index (Phi) is 4.08. The Bertz CT molecular complexity index is 1110. The lowest BCUT2D eigenvalue weighted by Crippen LogP contribution is -1.98. The molecule has 0 aliphatic heterocycles. The van der Waals surface area contributed by atoms with Crippen LogP contribution >= 0.6 is 11.8 Å². The zero-order valence-electron chi connectivity index (χ0n) is 13.7. The van der Waals surface area contributed by atoms with Gasteiger partial charge in [0.1, 0.15) is 5.52 Å². The molecule has 0 saturated heterocycles. The molecule has 0 atom stereocenters. The number of para-hydroxylation sites is 1. The van der Waals surface area contributed by atoms with Crippen molar-refractivity contribution in [2.45, 2.75) is 24.4 Å². The molecule has 0 radical (unpaired) electrons. The Labute approximate surface area is 149 Å². The summed E-state index contributed by atoms with van der Waals surface area (Å²) in [6.07, 6.45) is 0. The van der Waals surface area contributed by atoms with Crippen LogP contribution in [0.2, 0.25) is 0 Å². The summed E-state index contributed by atoms with van der Waals surface area (Å²) in [5.74, 6) is 0.703. The standard InChI is InChI=1S/C19H15N5S/c1-2-24-16-9-4-3-8-15(16)17-18(24)21-19(23-22-17)25-12-14-7-5-6-13(10-14)11-20/h3-10H,2,12H2,1H3. The second-order valence-corrected chi connectivity index (χ2v) is 6.57. The van der Waals surface area contributed by atoms with E-state index in [2.05, 4.69) is 39.9 Å². The molecule has 0 aliphatic carbocycles. The molecular weight excluding hydrogens is 330 g/mol. The van der Waals surface area contributed by atoms with E-state index in [1.54, 1.807) is 6.07 Å². The summed E-state index contributed by atoms with van der Waals surface area (Å²) in [5, 5.41) is 19.4. The van der Waals surface area contributed by atoms with Crippen molar-refractivity contribution < 1.29 is 0 Å². The minimum absolute atomic E-state index is 0.646. The van der Waals surface area contributed by atoms with Gasteiger partial charge in [0.25, 0.3) is 0 Å². The van der Waals surface area contributed by atoms with Crippen molar-refractivity contribution in [2.24, 2.45) is 0 Å². The largest absolute Gasteiger partial charge is 0.324 e. The van der Waals surface area contributed by atoms with Gasteiger partial charge in [0, 0.05) is 17.7 Å². The highest BCUT2D eigenvalue weighted by molar-refractivity contribution is 7.98. The average Bonchev–Trinajstić information content (AvgIpc) is 2.99. The summed E-state index contributed by atoms with van der Waals surface area (Å²) in [5.41, 5.74) is 4.58. The Morgan fingerprint density at radius 1 is 1.12 bits per heavy atom. The van der Waals surface area contributed by atoms with E-state index < -0.39 is 0 Å². The van der Waals surface area contributed by atoms with Crippen LogP contribution in [0.5, 0.6) is 0 Å². The van der Waals surface area contributed by atoms with Crippen LogP contribution in [-0.2, 0) is 12.3 Å². The van der Waals surface area contributed by atoms with Crippen LogP contribution in [-0.4, -0.2) is 19.7 Å². The third-order valence-corrected chi connectivity index (χ3v) is 5.00. The average molecular weight is 345 g/mol. The zero-order valence-corrected chi connectivity index (χ0v) is 14.5. The predicted molar refractivity (Wildman–Crippen MR) is 99.2 cm³/mol. The molecule has 122 valence electrons. The number of nitriles is 1. The topological polar surface area (TPSA) is 67.4 Å². The summed E-state index contributed by atoms with van der Waals surface area (Å²) in [6.45, 7) is 2.94. The molecule has 0 bridgehead atoms. The van der Waals surface area contributed by atoms with Gasteiger partial charge in [0.05, 0.1) is 17.1 Å². The molecule has 4 rings (SSSR count). The van der Waals surface area contributed by atoms with Crippen molar-refractivity contribution >= 4 is 33.8 Å². The smallest absolute Gasteiger partial charge is 0.211 e. The van der Waals surface area contributed by atoms with Crippen molar-refractivity contribution in [2.75, 3.05) is 0 Å². The van der Waals surface area contributed by atoms with Gasteiger partial charge >= 0.3 is 0 Å². The summed E-state index contributed by atoms with van der Waals surface area (Å²) in [4.78, 5) is 4.73. The van der Waals surface area contributed by atoms with E-state index in [9.17, 15) is 0 Å². The molecule has 5 nitrogen and oxygen atoms in total. The highest BCUT2D eigenvalue weighted by atomic mass is 32.2. The molecule has 0 saturated carbocycles. The molecule has 0 amide bonds. The minimum atomic E-state index is 0.646. The fraction of sp³-hybridized carbons (Fsp3) is 0.158. The number of thioether (sulfide) groups is 1. The van der Waals surface area contributed by atoms with Gasteiger partial charge in [-0.05, 0) is 30.7 Å². The summed E-state index contributed by atoms with van der Waals surface area (Å²) in [6, 6.07) is 17.9. The van der Waals surface area contributed by atoms with Gasteiger partial charge < -0.3 is 4.57 Å². The van der Waals surface area contributed by atoms with Crippen molar-refractivity contribution in [1.82, 2.24) is 19.7 Å².